The number of carbonyl (C=O) groups is 1. The number of halogens is 1. The number of fused-ring (bicyclic) bond motifs is 1. The molecule has 1 aromatic heterocycles. The van der Waals surface area contributed by atoms with E-state index in [0.717, 1.165) is 37.1 Å². The van der Waals surface area contributed by atoms with Crippen molar-refractivity contribution >= 4 is 16.9 Å². The van der Waals surface area contributed by atoms with Crippen LogP contribution in [0.25, 0.3) is 11.0 Å². The Morgan fingerprint density at radius 2 is 2.17 bits per heavy atom. The Morgan fingerprint density at radius 3 is 2.88 bits per heavy atom. The van der Waals surface area contributed by atoms with Gasteiger partial charge in [0.05, 0.1) is 17.7 Å². The second-order valence-electron chi connectivity index (χ2n) is 7.30. The lowest BCUT2D eigenvalue weighted by molar-refractivity contribution is -0.129. The molecule has 1 aliphatic heterocycles. The predicted octanol–water partition coefficient (Wildman–Crippen LogP) is 3.98. The van der Waals surface area contributed by atoms with E-state index in [1.54, 1.807) is 6.07 Å². The summed E-state index contributed by atoms with van der Waals surface area (Å²) in [6.07, 6.45) is 3.67. The second-order valence-corrected chi connectivity index (χ2v) is 7.30. The zero-order valence-corrected chi connectivity index (χ0v) is 14.8. The lowest BCUT2D eigenvalue weighted by atomic mass is 10.0. The van der Waals surface area contributed by atoms with Crippen LogP contribution in [0, 0.1) is 17.7 Å². The van der Waals surface area contributed by atoms with Gasteiger partial charge in [-0.3, -0.25) is 4.79 Å². The van der Waals surface area contributed by atoms with Crippen molar-refractivity contribution < 1.29 is 9.18 Å². The summed E-state index contributed by atoms with van der Waals surface area (Å²) >= 11 is 0. The van der Waals surface area contributed by atoms with Gasteiger partial charge in [-0.2, -0.15) is 0 Å². The van der Waals surface area contributed by atoms with Crippen molar-refractivity contribution in [2.45, 2.75) is 53.1 Å². The first kappa shape index (κ1) is 16.9. The summed E-state index contributed by atoms with van der Waals surface area (Å²) in [5, 5.41) is 0. The van der Waals surface area contributed by atoms with Gasteiger partial charge in [-0.1, -0.05) is 27.2 Å². The Hall–Kier alpha value is -1.91. The zero-order valence-electron chi connectivity index (χ0n) is 14.8. The highest BCUT2D eigenvalue weighted by Gasteiger charge is 2.29. The predicted molar refractivity (Wildman–Crippen MR) is 93.0 cm³/mol. The molecule has 1 amide bonds. The molecule has 5 heteroatoms. The quantitative estimate of drug-likeness (QED) is 0.803. The molecule has 4 nitrogen and oxygen atoms in total. The van der Waals surface area contributed by atoms with Crippen LogP contribution in [0.2, 0.25) is 0 Å². The van der Waals surface area contributed by atoms with Crippen LogP contribution in [0.5, 0.6) is 0 Å². The summed E-state index contributed by atoms with van der Waals surface area (Å²) in [6.45, 7) is 7.77. The molecule has 1 unspecified atom stereocenters. The van der Waals surface area contributed by atoms with Gasteiger partial charge in [0.25, 0.3) is 0 Å². The molecule has 0 radical (unpaired) electrons. The van der Waals surface area contributed by atoms with E-state index in [4.69, 9.17) is 0 Å². The van der Waals surface area contributed by atoms with Crippen LogP contribution in [-0.4, -0.2) is 26.9 Å². The van der Waals surface area contributed by atoms with E-state index in [1.807, 2.05) is 4.90 Å². The number of benzene rings is 1. The Labute approximate surface area is 142 Å². The first-order chi connectivity index (χ1) is 11.5. The summed E-state index contributed by atoms with van der Waals surface area (Å²) in [4.78, 5) is 18.9. The van der Waals surface area contributed by atoms with E-state index in [2.05, 4.69) is 30.3 Å². The lowest BCUT2D eigenvalue weighted by Gasteiger charge is -2.20. The summed E-state index contributed by atoms with van der Waals surface area (Å²) in [5.74, 6) is 1.78. The van der Waals surface area contributed by atoms with Crippen LogP contribution < -0.4 is 0 Å². The standard InChI is InChI=1S/C19H26FN3O/c1-4-5-14-9-19(24)22(11-14)12-23-17-7-6-15(20)10-16(17)21-18(23)8-13(2)3/h6-7,10,13-14H,4-5,8-9,11-12H2,1-3H3. The summed E-state index contributed by atoms with van der Waals surface area (Å²) in [5.41, 5.74) is 1.57. The van der Waals surface area contributed by atoms with Gasteiger partial charge in [-0.05, 0) is 30.4 Å². The number of likely N-dealkylation sites (tertiary alicyclic amines) is 1. The van der Waals surface area contributed by atoms with Crippen LogP contribution >= 0.6 is 0 Å². The monoisotopic (exact) mass is 331 g/mol. The molecule has 0 bridgehead atoms. The van der Waals surface area contributed by atoms with Gasteiger partial charge in [0, 0.05) is 25.5 Å². The SMILES string of the molecule is CCCC1CC(=O)N(Cn2c(CC(C)C)nc3cc(F)ccc32)C1. The van der Waals surface area contributed by atoms with Gasteiger partial charge in [0.15, 0.2) is 0 Å². The highest BCUT2D eigenvalue weighted by molar-refractivity contribution is 5.79. The first-order valence-electron chi connectivity index (χ1n) is 8.90. The Morgan fingerprint density at radius 1 is 1.38 bits per heavy atom. The molecule has 1 atom stereocenters. The fourth-order valence-corrected chi connectivity index (χ4v) is 3.59. The van der Waals surface area contributed by atoms with Gasteiger partial charge in [-0.15, -0.1) is 0 Å². The minimum absolute atomic E-state index is 0.216. The van der Waals surface area contributed by atoms with Crippen molar-refractivity contribution in [3.8, 4) is 0 Å². The first-order valence-corrected chi connectivity index (χ1v) is 8.90. The van der Waals surface area contributed by atoms with Gasteiger partial charge in [0.1, 0.15) is 11.6 Å². The minimum Gasteiger partial charge on any atom is -0.324 e. The van der Waals surface area contributed by atoms with Gasteiger partial charge in [-0.25, -0.2) is 9.37 Å². The summed E-state index contributed by atoms with van der Waals surface area (Å²) < 4.78 is 15.6. The maximum atomic E-state index is 13.5. The number of hydrogen-bond donors (Lipinski definition) is 0. The molecule has 24 heavy (non-hydrogen) atoms. The van der Waals surface area contributed by atoms with Crippen LogP contribution in [0.1, 0.15) is 45.9 Å². The van der Waals surface area contributed by atoms with E-state index in [1.165, 1.54) is 12.1 Å². The molecule has 0 spiro atoms. The van der Waals surface area contributed by atoms with E-state index in [0.29, 0.717) is 30.4 Å². The average Bonchev–Trinajstić information content (AvgIpc) is 3.00. The Kier molecular flexibility index (Phi) is 4.88. The van der Waals surface area contributed by atoms with Gasteiger partial charge >= 0.3 is 0 Å². The van der Waals surface area contributed by atoms with Crippen LogP contribution in [0.15, 0.2) is 18.2 Å². The topological polar surface area (TPSA) is 38.1 Å². The number of nitrogens with zero attached hydrogens (tertiary/aromatic N) is 3. The van der Waals surface area contributed by atoms with Crippen LogP contribution in [-0.2, 0) is 17.9 Å². The zero-order chi connectivity index (χ0) is 17.3. The maximum Gasteiger partial charge on any atom is 0.224 e. The maximum absolute atomic E-state index is 13.5. The molecule has 1 saturated heterocycles. The fourth-order valence-electron chi connectivity index (χ4n) is 3.59. The van der Waals surface area contributed by atoms with Crippen molar-refractivity contribution in [1.29, 1.82) is 0 Å². The fraction of sp³-hybridized carbons (Fsp3) is 0.579. The van der Waals surface area contributed by atoms with Crippen LogP contribution in [0.3, 0.4) is 0 Å². The van der Waals surface area contributed by atoms with E-state index in [9.17, 15) is 9.18 Å². The average molecular weight is 331 g/mol. The van der Waals surface area contributed by atoms with E-state index in [-0.39, 0.29) is 11.7 Å². The number of imidazole rings is 1. The molecule has 2 aromatic rings. The van der Waals surface area contributed by atoms with Gasteiger partial charge in [0.2, 0.25) is 5.91 Å². The molecule has 0 aliphatic carbocycles. The Balaban J connectivity index is 1.91. The normalized spacial score (nSPS) is 18.3. The molecule has 2 heterocycles. The third-order valence-corrected chi connectivity index (χ3v) is 4.68. The van der Waals surface area contributed by atoms with Crippen molar-refractivity contribution in [2.24, 2.45) is 11.8 Å². The number of hydrogen-bond acceptors (Lipinski definition) is 2. The van der Waals surface area contributed by atoms with Crippen LogP contribution in [0.4, 0.5) is 4.39 Å². The smallest absolute Gasteiger partial charge is 0.224 e. The van der Waals surface area contributed by atoms with E-state index < -0.39 is 0 Å². The molecule has 1 fully saturated rings. The molecule has 3 rings (SSSR count). The van der Waals surface area contributed by atoms with Crippen molar-refractivity contribution in [2.75, 3.05) is 6.54 Å². The van der Waals surface area contributed by atoms with Crippen molar-refractivity contribution in [3.63, 3.8) is 0 Å². The Bertz CT molecular complexity index is 738. The number of aromatic nitrogens is 2. The molecule has 1 aromatic carbocycles. The summed E-state index contributed by atoms with van der Waals surface area (Å²) in [7, 11) is 0. The molecule has 1 aliphatic rings. The van der Waals surface area contributed by atoms with E-state index >= 15 is 0 Å². The number of carbonyl (C=O) groups excluding carboxylic acids is 1. The highest BCUT2D eigenvalue weighted by Crippen LogP contribution is 2.25. The minimum atomic E-state index is -0.275. The van der Waals surface area contributed by atoms with Crippen molar-refractivity contribution in [1.82, 2.24) is 14.5 Å². The van der Waals surface area contributed by atoms with Gasteiger partial charge < -0.3 is 9.47 Å². The molecule has 130 valence electrons. The third-order valence-electron chi connectivity index (χ3n) is 4.68. The summed E-state index contributed by atoms with van der Waals surface area (Å²) in [6, 6.07) is 4.71. The molecular formula is C19H26FN3O. The molecular weight excluding hydrogens is 305 g/mol. The second kappa shape index (κ2) is 6.91. The molecule has 0 N–H and O–H groups in total. The molecule has 0 saturated carbocycles. The number of rotatable bonds is 6. The highest BCUT2D eigenvalue weighted by atomic mass is 19.1. The largest absolute Gasteiger partial charge is 0.324 e. The number of amides is 1. The lowest BCUT2D eigenvalue weighted by Crippen LogP contribution is -2.29. The third kappa shape index (κ3) is 3.45. The van der Waals surface area contributed by atoms with Crippen molar-refractivity contribution in [3.05, 3.63) is 29.8 Å².